The summed E-state index contributed by atoms with van der Waals surface area (Å²) in [6.07, 6.45) is -1.28. The first-order valence-electron chi connectivity index (χ1n) is 8.19. The molecule has 5 nitrogen and oxygen atoms in total. The molecule has 0 amide bonds. The van der Waals surface area contributed by atoms with Crippen LogP contribution in [0.1, 0.15) is 5.56 Å². The highest BCUT2D eigenvalue weighted by Gasteiger charge is 2.31. The molecule has 0 aliphatic carbocycles. The number of benzene rings is 1. The number of fused-ring (bicyclic) bond motifs is 1. The average molecular weight is 416 g/mol. The normalized spacial score (nSPS) is 15.6. The number of alkyl halides is 3. The molecule has 2 aromatic heterocycles. The second-order valence-electron chi connectivity index (χ2n) is 6.22. The van der Waals surface area contributed by atoms with Gasteiger partial charge < -0.3 is 14.8 Å². The Bertz CT molecular complexity index is 960. The van der Waals surface area contributed by atoms with Gasteiger partial charge in [-0.3, -0.25) is 4.98 Å². The summed E-state index contributed by atoms with van der Waals surface area (Å²) in [6.45, 7) is 2.55. The molecular weight excluding hydrogens is 402 g/mol. The van der Waals surface area contributed by atoms with Gasteiger partial charge in [-0.1, -0.05) is 23.2 Å². The van der Waals surface area contributed by atoms with Crippen molar-refractivity contribution < 1.29 is 13.2 Å². The Morgan fingerprint density at radius 1 is 0.963 bits per heavy atom. The fourth-order valence-electron chi connectivity index (χ4n) is 3.17. The minimum Gasteiger partial charge on any atom is -0.365 e. The van der Waals surface area contributed by atoms with Gasteiger partial charge in [-0.05, 0) is 18.2 Å². The first kappa shape index (κ1) is 18.2. The van der Waals surface area contributed by atoms with Gasteiger partial charge in [-0.2, -0.15) is 13.2 Å². The number of hydrogen-bond donors (Lipinski definition) is 1. The van der Waals surface area contributed by atoms with Crippen molar-refractivity contribution in [3.63, 3.8) is 0 Å². The number of imidazole rings is 1. The molecule has 1 aromatic carbocycles. The van der Waals surface area contributed by atoms with Crippen LogP contribution in [0.15, 0.2) is 30.6 Å². The monoisotopic (exact) mass is 415 g/mol. The van der Waals surface area contributed by atoms with Crippen LogP contribution in [0.5, 0.6) is 0 Å². The Hall–Kier alpha value is -2.19. The molecule has 0 radical (unpaired) electrons. The van der Waals surface area contributed by atoms with Crippen molar-refractivity contribution in [2.45, 2.75) is 6.18 Å². The maximum absolute atomic E-state index is 12.9. The third-order valence-electron chi connectivity index (χ3n) is 4.52. The lowest BCUT2D eigenvalue weighted by molar-refractivity contribution is -0.137. The second-order valence-corrected chi connectivity index (χ2v) is 7.03. The summed E-state index contributed by atoms with van der Waals surface area (Å²) in [4.78, 5) is 15.4. The van der Waals surface area contributed by atoms with Crippen molar-refractivity contribution >= 4 is 45.9 Å². The van der Waals surface area contributed by atoms with E-state index in [0.29, 0.717) is 53.2 Å². The van der Waals surface area contributed by atoms with Gasteiger partial charge in [0.25, 0.3) is 0 Å². The van der Waals surface area contributed by atoms with Crippen LogP contribution in [0.25, 0.3) is 11.0 Å². The topological polar surface area (TPSA) is 48.1 Å². The van der Waals surface area contributed by atoms with E-state index in [2.05, 4.69) is 19.9 Å². The average Bonchev–Trinajstić information content (AvgIpc) is 3.04. The predicted octanol–water partition coefficient (Wildman–Crippen LogP) is 4.61. The number of aromatic nitrogens is 3. The zero-order valence-electron chi connectivity index (χ0n) is 13.9. The van der Waals surface area contributed by atoms with Gasteiger partial charge in [0.1, 0.15) is 0 Å². The highest BCUT2D eigenvalue weighted by molar-refractivity contribution is 6.38. The summed E-state index contributed by atoms with van der Waals surface area (Å²) in [6, 6.07) is 3.50. The van der Waals surface area contributed by atoms with E-state index in [1.165, 1.54) is 6.07 Å². The lowest BCUT2D eigenvalue weighted by Crippen LogP contribution is -2.47. The summed E-state index contributed by atoms with van der Waals surface area (Å²) >= 11 is 12.4. The Kier molecular flexibility index (Phi) is 4.55. The van der Waals surface area contributed by atoms with Crippen LogP contribution in [0.4, 0.5) is 24.8 Å². The molecule has 1 fully saturated rings. The van der Waals surface area contributed by atoms with E-state index in [0.717, 1.165) is 17.8 Å². The fraction of sp³-hybridized carbons (Fsp3) is 0.294. The Morgan fingerprint density at radius 2 is 1.59 bits per heavy atom. The van der Waals surface area contributed by atoms with E-state index < -0.39 is 11.7 Å². The van der Waals surface area contributed by atoms with Crippen LogP contribution in [-0.2, 0) is 6.18 Å². The zero-order valence-corrected chi connectivity index (χ0v) is 15.4. The SMILES string of the molecule is FC(F)(F)c1ccc2nc(N3CCN(c4c(Cl)cncc4Cl)CC3)[nH]c2c1. The molecule has 3 aromatic rings. The highest BCUT2D eigenvalue weighted by atomic mass is 35.5. The highest BCUT2D eigenvalue weighted by Crippen LogP contribution is 2.34. The predicted molar refractivity (Wildman–Crippen MR) is 99.8 cm³/mol. The molecular formula is C17H14Cl2F3N5. The Morgan fingerprint density at radius 3 is 2.22 bits per heavy atom. The molecule has 0 bridgehead atoms. The quantitative estimate of drug-likeness (QED) is 0.663. The summed E-state index contributed by atoms with van der Waals surface area (Å²) in [5.41, 5.74) is 0.910. The molecule has 1 saturated heterocycles. The zero-order chi connectivity index (χ0) is 19.2. The first-order chi connectivity index (χ1) is 12.8. The van der Waals surface area contributed by atoms with E-state index in [1.54, 1.807) is 12.4 Å². The van der Waals surface area contributed by atoms with Gasteiger partial charge in [-0.15, -0.1) is 0 Å². The van der Waals surface area contributed by atoms with Gasteiger partial charge >= 0.3 is 6.18 Å². The number of anilines is 2. The number of nitrogens with one attached hydrogen (secondary N) is 1. The maximum atomic E-state index is 12.9. The van der Waals surface area contributed by atoms with E-state index in [4.69, 9.17) is 23.2 Å². The maximum Gasteiger partial charge on any atom is 0.416 e. The third-order valence-corrected chi connectivity index (χ3v) is 5.07. The Labute approximate surface area is 162 Å². The molecule has 3 heterocycles. The van der Waals surface area contributed by atoms with Crippen molar-refractivity contribution in [1.82, 2.24) is 15.0 Å². The summed E-state index contributed by atoms with van der Waals surface area (Å²) in [5.74, 6) is 0.552. The van der Waals surface area contributed by atoms with Gasteiger partial charge in [-0.25, -0.2) is 4.98 Å². The molecule has 1 N–H and O–H groups in total. The summed E-state index contributed by atoms with van der Waals surface area (Å²) < 4.78 is 38.6. The molecule has 142 valence electrons. The van der Waals surface area contributed by atoms with Crippen molar-refractivity contribution in [2.75, 3.05) is 36.0 Å². The fourth-order valence-corrected chi connectivity index (χ4v) is 3.77. The smallest absolute Gasteiger partial charge is 0.365 e. The van der Waals surface area contributed by atoms with Crippen molar-refractivity contribution in [2.24, 2.45) is 0 Å². The molecule has 0 spiro atoms. The van der Waals surface area contributed by atoms with E-state index in [9.17, 15) is 13.2 Å². The third kappa shape index (κ3) is 3.51. The first-order valence-corrected chi connectivity index (χ1v) is 8.94. The van der Waals surface area contributed by atoms with Crippen molar-refractivity contribution in [3.05, 3.63) is 46.2 Å². The lowest BCUT2D eigenvalue weighted by atomic mass is 10.2. The number of pyridine rings is 1. The molecule has 1 aliphatic rings. The number of H-pyrrole nitrogens is 1. The lowest BCUT2D eigenvalue weighted by Gasteiger charge is -2.36. The van der Waals surface area contributed by atoms with Gasteiger partial charge in [0.2, 0.25) is 5.95 Å². The second kappa shape index (κ2) is 6.76. The van der Waals surface area contributed by atoms with Gasteiger partial charge in [0.05, 0.1) is 32.3 Å². The van der Waals surface area contributed by atoms with Crippen molar-refractivity contribution in [3.8, 4) is 0 Å². The van der Waals surface area contributed by atoms with Gasteiger partial charge in [0.15, 0.2) is 0 Å². The standard InChI is InChI=1S/C17H14Cl2F3N5/c18-11-8-23-9-12(19)15(11)26-3-5-27(6-4-26)16-24-13-2-1-10(17(20,21)22)7-14(13)25-16/h1-2,7-9H,3-6H2,(H,24,25). The van der Waals surface area contributed by atoms with Gasteiger partial charge in [0, 0.05) is 38.6 Å². The van der Waals surface area contributed by atoms with Crippen molar-refractivity contribution in [1.29, 1.82) is 0 Å². The van der Waals surface area contributed by atoms with E-state index in [-0.39, 0.29) is 0 Å². The van der Waals surface area contributed by atoms with Crippen LogP contribution in [-0.4, -0.2) is 41.1 Å². The molecule has 1 aliphatic heterocycles. The molecule has 0 saturated carbocycles. The Balaban J connectivity index is 1.53. The van der Waals surface area contributed by atoms with Crippen LogP contribution >= 0.6 is 23.2 Å². The van der Waals surface area contributed by atoms with Crippen LogP contribution in [0, 0.1) is 0 Å². The number of rotatable bonds is 2. The number of aromatic amines is 1. The van der Waals surface area contributed by atoms with Crippen LogP contribution in [0.2, 0.25) is 10.0 Å². The molecule has 27 heavy (non-hydrogen) atoms. The minimum atomic E-state index is -4.38. The number of halogens is 5. The number of nitrogens with zero attached hydrogens (tertiary/aromatic N) is 4. The van der Waals surface area contributed by atoms with Crippen LogP contribution < -0.4 is 9.80 Å². The molecule has 10 heteroatoms. The minimum absolute atomic E-state index is 0.363. The molecule has 4 rings (SSSR count). The van der Waals surface area contributed by atoms with Crippen LogP contribution in [0.3, 0.4) is 0 Å². The number of hydrogen-bond acceptors (Lipinski definition) is 4. The van der Waals surface area contributed by atoms with E-state index >= 15 is 0 Å². The number of piperazine rings is 1. The summed E-state index contributed by atoms with van der Waals surface area (Å²) in [7, 11) is 0. The molecule has 0 unspecified atom stereocenters. The largest absolute Gasteiger partial charge is 0.416 e. The molecule has 0 atom stereocenters. The van der Waals surface area contributed by atoms with E-state index in [1.807, 2.05) is 4.90 Å². The summed E-state index contributed by atoms with van der Waals surface area (Å²) in [5, 5.41) is 0.971.